The predicted octanol–water partition coefficient (Wildman–Crippen LogP) is 1.82. The van der Waals surface area contributed by atoms with Gasteiger partial charge in [0.2, 0.25) is 0 Å². The van der Waals surface area contributed by atoms with Crippen LogP contribution in [0.1, 0.15) is 12.5 Å². The fourth-order valence-electron chi connectivity index (χ4n) is 1.36. The molecule has 1 atom stereocenters. The lowest BCUT2D eigenvalue weighted by molar-refractivity contribution is 0.350. The zero-order valence-electron chi connectivity index (χ0n) is 10.2. The molecule has 102 valence electrons. The highest BCUT2D eigenvalue weighted by molar-refractivity contribution is 7.52. The number of nitrogens with zero attached hydrogens (tertiary/aromatic N) is 2. The second kappa shape index (κ2) is 5.90. The molecule has 0 spiro atoms. The SMILES string of the molecule is CC(NCc1cnc(-c2cccs2)nc1)P(=O)(O)O. The van der Waals surface area contributed by atoms with Crippen LogP contribution in [0.5, 0.6) is 0 Å². The number of hydrogen-bond donors (Lipinski definition) is 3. The summed E-state index contributed by atoms with van der Waals surface area (Å²) >= 11 is 1.56. The Morgan fingerprint density at radius 1 is 1.42 bits per heavy atom. The number of thiophene rings is 1. The molecule has 0 aromatic carbocycles. The highest BCUT2D eigenvalue weighted by atomic mass is 32.1. The van der Waals surface area contributed by atoms with Crippen LogP contribution < -0.4 is 5.32 Å². The Kier molecular flexibility index (Phi) is 4.44. The Balaban J connectivity index is 1.98. The van der Waals surface area contributed by atoms with Gasteiger partial charge in [0, 0.05) is 24.5 Å². The van der Waals surface area contributed by atoms with Crippen molar-refractivity contribution in [2.24, 2.45) is 0 Å². The maximum Gasteiger partial charge on any atom is 0.342 e. The molecule has 2 aromatic rings. The fraction of sp³-hybridized carbons (Fsp3) is 0.273. The van der Waals surface area contributed by atoms with Crippen LogP contribution in [0.4, 0.5) is 0 Å². The normalized spacial score (nSPS) is 13.4. The summed E-state index contributed by atoms with van der Waals surface area (Å²) in [5.41, 5.74) is 0.778. The van der Waals surface area contributed by atoms with Gasteiger partial charge < -0.3 is 9.79 Å². The molecule has 0 bridgehead atoms. The molecule has 6 nitrogen and oxygen atoms in total. The predicted molar refractivity (Wildman–Crippen MR) is 73.7 cm³/mol. The molecule has 2 rings (SSSR count). The molecule has 0 amide bonds. The molecular weight excluding hydrogens is 285 g/mol. The maximum absolute atomic E-state index is 11.0. The molecular formula is C11H14N3O3PS. The quantitative estimate of drug-likeness (QED) is 0.729. The summed E-state index contributed by atoms with van der Waals surface area (Å²) < 4.78 is 11.0. The summed E-state index contributed by atoms with van der Waals surface area (Å²) in [6.07, 6.45) is 3.31. The lowest BCUT2D eigenvalue weighted by Gasteiger charge is -2.14. The molecule has 0 aliphatic heterocycles. The summed E-state index contributed by atoms with van der Waals surface area (Å²) in [4.78, 5) is 27.3. The van der Waals surface area contributed by atoms with E-state index < -0.39 is 13.4 Å². The summed E-state index contributed by atoms with van der Waals surface area (Å²) in [6, 6.07) is 3.87. The van der Waals surface area contributed by atoms with E-state index in [0.717, 1.165) is 10.4 Å². The van der Waals surface area contributed by atoms with E-state index >= 15 is 0 Å². The first-order valence-electron chi connectivity index (χ1n) is 5.60. The van der Waals surface area contributed by atoms with E-state index in [1.807, 2.05) is 17.5 Å². The summed E-state index contributed by atoms with van der Waals surface area (Å²) in [5.74, 6) is -0.230. The van der Waals surface area contributed by atoms with Gasteiger partial charge in [0.1, 0.15) is 5.78 Å². The van der Waals surface area contributed by atoms with Crippen molar-refractivity contribution in [3.05, 3.63) is 35.5 Å². The van der Waals surface area contributed by atoms with Crippen molar-refractivity contribution in [2.45, 2.75) is 19.3 Å². The first-order chi connectivity index (χ1) is 8.97. The molecule has 2 heterocycles. The largest absolute Gasteiger partial charge is 0.342 e. The lowest BCUT2D eigenvalue weighted by atomic mass is 10.3. The number of hydrogen-bond acceptors (Lipinski definition) is 5. The van der Waals surface area contributed by atoms with Crippen molar-refractivity contribution in [2.75, 3.05) is 0 Å². The van der Waals surface area contributed by atoms with Crippen LogP contribution in [0, 0.1) is 0 Å². The van der Waals surface area contributed by atoms with Gasteiger partial charge >= 0.3 is 7.60 Å². The van der Waals surface area contributed by atoms with Crippen molar-refractivity contribution >= 4 is 18.9 Å². The Labute approximate surface area is 114 Å². The highest BCUT2D eigenvalue weighted by Gasteiger charge is 2.22. The van der Waals surface area contributed by atoms with Crippen LogP contribution in [0.3, 0.4) is 0 Å². The van der Waals surface area contributed by atoms with Gasteiger partial charge in [0.05, 0.1) is 4.88 Å². The Hall–Kier alpha value is -1.11. The molecule has 0 saturated heterocycles. The standard InChI is InChI=1S/C11H14N3O3PS/c1-8(18(15,16)17)12-5-9-6-13-11(14-7-9)10-3-2-4-19-10/h2-4,6-8,12H,5H2,1H3,(H2,15,16,17). The molecule has 0 fully saturated rings. The topological polar surface area (TPSA) is 95.3 Å². The minimum absolute atomic E-state index is 0.316. The number of nitrogens with one attached hydrogen (secondary N) is 1. The van der Waals surface area contributed by atoms with Gasteiger partial charge in [-0.2, -0.15) is 0 Å². The van der Waals surface area contributed by atoms with Crippen molar-refractivity contribution < 1.29 is 14.4 Å². The van der Waals surface area contributed by atoms with E-state index in [4.69, 9.17) is 9.79 Å². The van der Waals surface area contributed by atoms with Gasteiger partial charge in [-0.3, -0.25) is 9.88 Å². The molecule has 0 aliphatic carbocycles. The van der Waals surface area contributed by atoms with Crippen LogP contribution >= 0.6 is 18.9 Å². The molecule has 0 saturated carbocycles. The zero-order chi connectivity index (χ0) is 13.9. The van der Waals surface area contributed by atoms with Crippen molar-refractivity contribution in [3.63, 3.8) is 0 Å². The first-order valence-corrected chi connectivity index (χ1v) is 8.16. The molecule has 0 aliphatic rings. The average Bonchev–Trinajstić information content (AvgIpc) is 2.89. The highest BCUT2D eigenvalue weighted by Crippen LogP contribution is 2.39. The Morgan fingerprint density at radius 3 is 2.63 bits per heavy atom. The number of aromatic nitrogens is 2. The fourth-order valence-corrected chi connectivity index (χ4v) is 2.36. The van der Waals surface area contributed by atoms with E-state index in [2.05, 4.69) is 15.3 Å². The number of rotatable bonds is 5. The van der Waals surface area contributed by atoms with E-state index in [9.17, 15) is 4.57 Å². The van der Waals surface area contributed by atoms with Crippen LogP contribution in [-0.4, -0.2) is 25.5 Å². The molecule has 0 radical (unpaired) electrons. The van der Waals surface area contributed by atoms with Crippen LogP contribution in [0.15, 0.2) is 29.9 Å². The van der Waals surface area contributed by atoms with E-state index in [0.29, 0.717) is 12.4 Å². The first kappa shape index (κ1) is 14.3. The van der Waals surface area contributed by atoms with Gasteiger partial charge in [-0.05, 0) is 18.4 Å². The Bertz CT molecular complexity index is 567. The lowest BCUT2D eigenvalue weighted by Crippen LogP contribution is -2.25. The van der Waals surface area contributed by atoms with Crippen molar-refractivity contribution in [3.8, 4) is 10.7 Å². The van der Waals surface area contributed by atoms with E-state index in [1.165, 1.54) is 6.92 Å². The van der Waals surface area contributed by atoms with Crippen LogP contribution in [-0.2, 0) is 11.1 Å². The second-order valence-corrected chi connectivity index (χ2v) is 6.94. The zero-order valence-corrected chi connectivity index (χ0v) is 11.9. The van der Waals surface area contributed by atoms with Gasteiger partial charge in [0.15, 0.2) is 5.82 Å². The summed E-state index contributed by atoms with van der Waals surface area (Å²) in [5, 5.41) is 4.71. The van der Waals surface area contributed by atoms with Gasteiger partial charge in [0.25, 0.3) is 0 Å². The third-order valence-corrected chi connectivity index (χ3v) is 4.61. The van der Waals surface area contributed by atoms with Gasteiger partial charge in [-0.25, -0.2) is 9.97 Å². The third-order valence-electron chi connectivity index (χ3n) is 2.55. The molecule has 3 N–H and O–H groups in total. The molecule has 2 aromatic heterocycles. The van der Waals surface area contributed by atoms with Crippen molar-refractivity contribution in [1.29, 1.82) is 0 Å². The van der Waals surface area contributed by atoms with Crippen LogP contribution in [0.25, 0.3) is 10.7 Å². The minimum atomic E-state index is -4.09. The van der Waals surface area contributed by atoms with Gasteiger partial charge in [-0.15, -0.1) is 11.3 Å². The average molecular weight is 299 g/mol. The monoisotopic (exact) mass is 299 g/mol. The van der Waals surface area contributed by atoms with Gasteiger partial charge in [-0.1, -0.05) is 6.07 Å². The van der Waals surface area contributed by atoms with E-state index in [1.54, 1.807) is 23.7 Å². The van der Waals surface area contributed by atoms with E-state index in [-0.39, 0.29) is 0 Å². The molecule has 1 unspecified atom stereocenters. The molecule has 19 heavy (non-hydrogen) atoms. The Morgan fingerprint density at radius 2 is 2.11 bits per heavy atom. The van der Waals surface area contributed by atoms with Crippen molar-refractivity contribution in [1.82, 2.24) is 15.3 Å². The second-order valence-electron chi connectivity index (χ2n) is 4.04. The summed E-state index contributed by atoms with van der Waals surface area (Å²) in [7, 11) is -4.09. The van der Waals surface area contributed by atoms with Crippen LogP contribution in [0.2, 0.25) is 0 Å². The smallest absolute Gasteiger partial charge is 0.323 e. The third kappa shape index (κ3) is 3.92. The minimum Gasteiger partial charge on any atom is -0.323 e. The maximum atomic E-state index is 11.0. The molecule has 8 heteroatoms. The summed E-state index contributed by atoms with van der Waals surface area (Å²) in [6.45, 7) is 1.76.